The van der Waals surface area contributed by atoms with Gasteiger partial charge in [0.15, 0.2) is 0 Å². The Morgan fingerprint density at radius 2 is 2.25 bits per heavy atom. The molecule has 16 heavy (non-hydrogen) atoms. The van der Waals surface area contributed by atoms with Crippen molar-refractivity contribution in [2.24, 2.45) is 0 Å². The number of carboxylic acids is 1. The second-order valence-electron chi connectivity index (χ2n) is 3.45. The first kappa shape index (κ1) is 10.4. The molecular weight excluding hydrogens is 206 g/mol. The average molecular weight is 217 g/mol. The SMILES string of the molecule is COc1nccc2ccc(CC(=O)O)cc12. The highest BCUT2D eigenvalue weighted by Crippen LogP contribution is 2.23. The van der Waals surface area contributed by atoms with Gasteiger partial charge < -0.3 is 9.84 Å². The molecule has 0 aliphatic heterocycles. The zero-order valence-corrected chi connectivity index (χ0v) is 8.80. The normalized spacial score (nSPS) is 10.3. The standard InChI is InChI=1S/C12H11NO3/c1-16-12-10-6-8(7-11(14)15)2-3-9(10)4-5-13-12/h2-6H,7H2,1H3,(H,14,15). The van der Waals surface area contributed by atoms with Crippen LogP contribution in [0.1, 0.15) is 5.56 Å². The molecule has 0 saturated heterocycles. The molecule has 2 rings (SSSR count). The smallest absolute Gasteiger partial charge is 0.307 e. The minimum atomic E-state index is -0.845. The van der Waals surface area contributed by atoms with Gasteiger partial charge in [-0.25, -0.2) is 4.98 Å². The maximum Gasteiger partial charge on any atom is 0.307 e. The van der Waals surface area contributed by atoms with E-state index in [1.54, 1.807) is 25.4 Å². The lowest BCUT2D eigenvalue weighted by Crippen LogP contribution is -2.00. The third-order valence-corrected chi connectivity index (χ3v) is 2.34. The van der Waals surface area contributed by atoms with Gasteiger partial charge in [0.2, 0.25) is 5.88 Å². The molecule has 4 nitrogen and oxygen atoms in total. The molecular formula is C12H11NO3. The molecule has 0 aliphatic rings. The van der Waals surface area contributed by atoms with Gasteiger partial charge in [0.1, 0.15) is 0 Å². The largest absolute Gasteiger partial charge is 0.481 e. The van der Waals surface area contributed by atoms with Crippen LogP contribution in [0.5, 0.6) is 5.88 Å². The van der Waals surface area contributed by atoms with Crippen LogP contribution in [0.15, 0.2) is 30.5 Å². The maximum atomic E-state index is 10.6. The molecule has 0 saturated carbocycles. The fraction of sp³-hybridized carbons (Fsp3) is 0.167. The van der Waals surface area contributed by atoms with Crippen molar-refractivity contribution < 1.29 is 14.6 Å². The highest BCUT2D eigenvalue weighted by molar-refractivity contribution is 5.88. The van der Waals surface area contributed by atoms with Crippen molar-refractivity contribution in [1.29, 1.82) is 0 Å². The molecule has 1 heterocycles. The predicted molar refractivity (Wildman–Crippen MR) is 59.6 cm³/mol. The molecule has 2 aromatic rings. The summed E-state index contributed by atoms with van der Waals surface area (Å²) >= 11 is 0. The van der Waals surface area contributed by atoms with Crippen LogP contribution >= 0.6 is 0 Å². The Hall–Kier alpha value is -2.10. The summed E-state index contributed by atoms with van der Waals surface area (Å²) in [6, 6.07) is 7.34. The lowest BCUT2D eigenvalue weighted by molar-refractivity contribution is -0.136. The van der Waals surface area contributed by atoms with E-state index in [0.29, 0.717) is 5.88 Å². The van der Waals surface area contributed by atoms with E-state index in [0.717, 1.165) is 16.3 Å². The molecule has 82 valence electrons. The fourth-order valence-electron chi connectivity index (χ4n) is 1.64. The van der Waals surface area contributed by atoms with Crippen molar-refractivity contribution in [2.75, 3.05) is 7.11 Å². The second kappa shape index (κ2) is 4.18. The van der Waals surface area contributed by atoms with Crippen LogP contribution in [0, 0.1) is 0 Å². The Bertz CT molecular complexity index is 537. The fourth-order valence-corrected chi connectivity index (χ4v) is 1.64. The highest BCUT2D eigenvalue weighted by atomic mass is 16.5. The number of carboxylic acid groups (broad SMARTS) is 1. The van der Waals surface area contributed by atoms with Crippen molar-refractivity contribution in [3.8, 4) is 5.88 Å². The summed E-state index contributed by atoms with van der Waals surface area (Å²) < 4.78 is 5.13. The first-order valence-electron chi connectivity index (χ1n) is 4.84. The molecule has 0 spiro atoms. The number of methoxy groups -OCH3 is 1. The molecule has 0 radical (unpaired) electrons. The summed E-state index contributed by atoms with van der Waals surface area (Å²) in [7, 11) is 1.55. The zero-order chi connectivity index (χ0) is 11.5. The molecule has 1 aromatic carbocycles. The summed E-state index contributed by atoms with van der Waals surface area (Å²) in [5, 5.41) is 10.5. The van der Waals surface area contributed by atoms with Crippen LogP contribution in [0.25, 0.3) is 10.8 Å². The van der Waals surface area contributed by atoms with Crippen molar-refractivity contribution >= 4 is 16.7 Å². The summed E-state index contributed by atoms with van der Waals surface area (Å²) in [4.78, 5) is 14.7. The lowest BCUT2D eigenvalue weighted by Gasteiger charge is -2.05. The summed E-state index contributed by atoms with van der Waals surface area (Å²) in [5.74, 6) is -0.327. The van der Waals surface area contributed by atoms with Crippen molar-refractivity contribution in [3.05, 3.63) is 36.0 Å². The number of nitrogens with zero attached hydrogens (tertiary/aromatic N) is 1. The van der Waals surface area contributed by atoms with Gasteiger partial charge in [0, 0.05) is 11.6 Å². The maximum absolute atomic E-state index is 10.6. The van der Waals surface area contributed by atoms with Crippen LogP contribution in [-0.4, -0.2) is 23.2 Å². The molecule has 0 aliphatic carbocycles. The Balaban J connectivity index is 2.54. The molecule has 1 N–H and O–H groups in total. The lowest BCUT2D eigenvalue weighted by atomic mass is 10.1. The minimum Gasteiger partial charge on any atom is -0.481 e. The third kappa shape index (κ3) is 1.95. The Morgan fingerprint density at radius 3 is 2.94 bits per heavy atom. The summed E-state index contributed by atoms with van der Waals surface area (Å²) in [5.41, 5.74) is 0.742. The first-order chi connectivity index (χ1) is 7.70. The van der Waals surface area contributed by atoms with Crippen LogP contribution < -0.4 is 4.74 Å². The first-order valence-corrected chi connectivity index (χ1v) is 4.84. The van der Waals surface area contributed by atoms with E-state index in [2.05, 4.69) is 4.98 Å². The Kier molecular flexibility index (Phi) is 2.72. The molecule has 0 fully saturated rings. The van der Waals surface area contributed by atoms with Crippen molar-refractivity contribution in [1.82, 2.24) is 4.98 Å². The topological polar surface area (TPSA) is 59.4 Å². The van der Waals surface area contributed by atoms with Gasteiger partial charge in [-0.05, 0) is 23.1 Å². The van der Waals surface area contributed by atoms with Gasteiger partial charge in [-0.2, -0.15) is 0 Å². The number of aromatic nitrogens is 1. The number of carbonyl (C=O) groups is 1. The van der Waals surface area contributed by atoms with Crippen LogP contribution in [0.3, 0.4) is 0 Å². The van der Waals surface area contributed by atoms with Crippen molar-refractivity contribution in [3.63, 3.8) is 0 Å². The van der Waals surface area contributed by atoms with E-state index in [1.807, 2.05) is 12.1 Å². The number of aliphatic carboxylic acids is 1. The number of rotatable bonds is 3. The van der Waals surface area contributed by atoms with Gasteiger partial charge in [-0.3, -0.25) is 4.79 Å². The van der Waals surface area contributed by atoms with Gasteiger partial charge in [0.05, 0.1) is 13.5 Å². The quantitative estimate of drug-likeness (QED) is 0.852. The number of fused-ring (bicyclic) bond motifs is 1. The van der Waals surface area contributed by atoms with Gasteiger partial charge in [0.25, 0.3) is 0 Å². The number of benzene rings is 1. The average Bonchev–Trinajstić information content (AvgIpc) is 2.27. The van der Waals surface area contributed by atoms with E-state index in [4.69, 9.17) is 9.84 Å². The molecule has 0 atom stereocenters. The number of hydrogen-bond donors (Lipinski definition) is 1. The van der Waals surface area contributed by atoms with Crippen LogP contribution in [-0.2, 0) is 11.2 Å². The predicted octanol–water partition coefficient (Wildman–Crippen LogP) is 1.87. The molecule has 0 amide bonds. The van der Waals surface area contributed by atoms with E-state index in [1.165, 1.54) is 0 Å². The third-order valence-electron chi connectivity index (χ3n) is 2.34. The van der Waals surface area contributed by atoms with E-state index in [-0.39, 0.29) is 6.42 Å². The number of hydrogen-bond acceptors (Lipinski definition) is 3. The minimum absolute atomic E-state index is 0.00793. The van der Waals surface area contributed by atoms with Crippen LogP contribution in [0.4, 0.5) is 0 Å². The molecule has 1 aromatic heterocycles. The zero-order valence-electron chi connectivity index (χ0n) is 8.80. The highest BCUT2D eigenvalue weighted by Gasteiger charge is 2.05. The Labute approximate surface area is 92.5 Å². The van der Waals surface area contributed by atoms with E-state index >= 15 is 0 Å². The summed E-state index contributed by atoms with van der Waals surface area (Å²) in [6.07, 6.45) is 1.67. The Morgan fingerprint density at radius 1 is 1.44 bits per heavy atom. The van der Waals surface area contributed by atoms with Gasteiger partial charge in [-0.1, -0.05) is 12.1 Å². The van der Waals surface area contributed by atoms with Crippen LogP contribution in [0.2, 0.25) is 0 Å². The van der Waals surface area contributed by atoms with Crippen molar-refractivity contribution in [2.45, 2.75) is 6.42 Å². The number of pyridine rings is 1. The molecule has 0 bridgehead atoms. The molecule has 0 unspecified atom stereocenters. The summed E-state index contributed by atoms with van der Waals surface area (Å²) in [6.45, 7) is 0. The van der Waals surface area contributed by atoms with E-state index < -0.39 is 5.97 Å². The monoisotopic (exact) mass is 217 g/mol. The number of ether oxygens (including phenoxy) is 1. The second-order valence-corrected chi connectivity index (χ2v) is 3.45. The molecule has 4 heteroatoms. The van der Waals surface area contributed by atoms with Gasteiger partial charge >= 0.3 is 5.97 Å². The van der Waals surface area contributed by atoms with E-state index in [9.17, 15) is 4.79 Å². The van der Waals surface area contributed by atoms with Gasteiger partial charge in [-0.15, -0.1) is 0 Å².